The highest BCUT2D eigenvalue weighted by molar-refractivity contribution is 6.04. The molecule has 0 radical (unpaired) electrons. The fourth-order valence-corrected chi connectivity index (χ4v) is 5.28. The van der Waals surface area contributed by atoms with Crippen molar-refractivity contribution in [1.82, 2.24) is 4.90 Å². The molecule has 0 aromatic heterocycles. The van der Waals surface area contributed by atoms with Crippen LogP contribution in [0, 0.1) is 5.92 Å². The van der Waals surface area contributed by atoms with Crippen LogP contribution in [0.15, 0.2) is 40.9 Å². The average Bonchev–Trinajstić information content (AvgIpc) is 3.02. The Morgan fingerprint density at radius 3 is 3.15 bits per heavy atom. The first-order valence-electron chi connectivity index (χ1n) is 7.89. The Morgan fingerprint density at radius 1 is 1.35 bits per heavy atom. The standard InChI is InChI=1S/C18H20N2/c1-2-12-11-20-8-7-18-14-5-3-4-6-15(14)19-16(18)9-13(12)10-17(18)20/h2-6,13,17H,7-11H2,1H3/b12-2-/t13-,17-,18+/m1/s1. The first-order valence-corrected chi connectivity index (χ1v) is 7.89. The minimum absolute atomic E-state index is 0.270. The fourth-order valence-electron chi connectivity index (χ4n) is 5.28. The van der Waals surface area contributed by atoms with E-state index in [-0.39, 0.29) is 5.41 Å². The molecule has 3 aliphatic heterocycles. The number of rotatable bonds is 0. The van der Waals surface area contributed by atoms with E-state index in [1.54, 1.807) is 5.57 Å². The highest BCUT2D eigenvalue weighted by atomic mass is 15.2. The topological polar surface area (TPSA) is 15.6 Å². The maximum Gasteiger partial charge on any atom is 0.0671 e. The molecule has 20 heavy (non-hydrogen) atoms. The number of hydrogen-bond acceptors (Lipinski definition) is 2. The van der Waals surface area contributed by atoms with Crippen LogP contribution in [0.5, 0.6) is 0 Å². The van der Waals surface area contributed by atoms with Gasteiger partial charge in [0.2, 0.25) is 0 Å². The van der Waals surface area contributed by atoms with Crippen LogP contribution in [-0.4, -0.2) is 29.7 Å². The highest BCUT2D eigenvalue weighted by Crippen LogP contribution is 2.57. The van der Waals surface area contributed by atoms with Crippen LogP contribution in [-0.2, 0) is 5.41 Å². The van der Waals surface area contributed by atoms with Gasteiger partial charge in [-0.1, -0.05) is 29.8 Å². The largest absolute Gasteiger partial charge is 0.295 e. The highest BCUT2D eigenvalue weighted by Gasteiger charge is 2.59. The summed E-state index contributed by atoms with van der Waals surface area (Å²) < 4.78 is 0. The summed E-state index contributed by atoms with van der Waals surface area (Å²) in [5.74, 6) is 0.750. The molecule has 1 aromatic carbocycles. The molecule has 2 nitrogen and oxygen atoms in total. The van der Waals surface area contributed by atoms with E-state index in [2.05, 4.69) is 42.2 Å². The van der Waals surface area contributed by atoms with Gasteiger partial charge in [-0.2, -0.15) is 0 Å². The molecule has 2 heteroatoms. The van der Waals surface area contributed by atoms with E-state index in [0.29, 0.717) is 6.04 Å². The van der Waals surface area contributed by atoms with E-state index >= 15 is 0 Å². The van der Waals surface area contributed by atoms with Gasteiger partial charge in [0.05, 0.1) is 11.1 Å². The van der Waals surface area contributed by atoms with Crippen LogP contribution in [0.4, 0.5) is 5.69 Å². The van der Waals surface area contributed by atoms with Gasteiger partial charge in [-0.15, -0.1) is 0 Å². The van der Waals surface area contributed by atoms with Crippen molar-refractivity contribution in [2.45, 2.75) is 37.6 Å². The molecule has 0 unspecified atom stereocenters. The Labute approximate surface area is 120 Å². The van der Waals surface area contributed by atoms with Gasteiger partial charge in [0.1, 0.15) is 0 Å². The number of aliphatic imine (C=N–C) groups is 1. The molecule has 1 aliphatic carbocycles. The van der Waals surface area contributed by atoms with Gasteiger partial charge in [-0.3, -0.25) is 9.89 Å². The summed E-state index contributed by atoms with van der Waals surface area (Å²) in [6.45, 7) is 4.64. The van der Waals surface area contributed by atoms with Crippen molar-refractivity contribution in [3.05, 3.63) is 41.5 Å². The predicted molar refractivity (Wildman–Crippen MR) is 81.7 cm³/mol. The lowest BCUT2D eigenvalue weighted by molar-refractivity contribution is 0.163. The maximum atomic E-state index is 5.06. The van der Waals surface area contributed by atoms with Crippen molar-refractivity contribution >= 4 is 11.4 Å². The van der Waals surface area contributed by atoms with Crippen LogP contribution in [0.1, 0.15) is 31.7 Å². The van der Waals surface area contributed by atoms with E-state index in [1.165, 1.54) is 49.3 Å². The normalized spacial score (nSPS) is 39.6. The van der Waals surface area contributed by atoms with Crippen molar-refractivity contribution in [2.75, 3.05) is 13.1 Å². The molecule has 102 valence electrons. The summed E-state index contributed by atoms with van der Waals surface area (Å²) in [6.07, 6.45) is 6.16. The van der Waals surface area contributed by atoms with Crippen LogP contribution in [0.3, 0.4) is 0 Å². The third-order valence-electron chi connectivity index (χ3n) is 6.19. The number of benzene rings is 1. The van der Waals surface area contributed by atoms with Gasteiger partial charge in [0.25, 0.3) is 0 Å². The SMILES string of the molecule is C/C=C1/CN2CC[C@@]34C(=Nc5ccccc53)C[C@@H]1C[C@@H]24. The first-order chi connectivity index (χ1) is 9.83. The Bertz CT molecular complexity index is 657. The molecule has 3 fully saturated rings. The monoisotopic (exact) mass is 264 g/mol. The van der Waals surface area contributed by atoms with Gasteiger partial charge in [-0.25, -0.2) is 0 Å². The molecule has 1 saturated carbocycles. The average molecular weight is 264 g/mol. The summed E-state index contributed by atoms with van der Waals surface area (Å²) in [4.78, 5) is 7.78. The third kappa shape index (κ3) is 1.14. The van der Waals surface area contributed by atoms with Gasteiger partial charge >= 0.3 is 0 Å². The van der Waals surface area contributed by atoms with Crippen molar-refractivity contribution in [1.29, 1.82) is 0 Å². The lowest BCUT2D eigenvalue weighted by Crippen LogP contribution is -2.55. The second-order valence-corrected chi connectivity index (χ2v) is 6.78. The molecule has 0 N–H and O–H groups in total. The second-order valence-electron chi connectivity index (χ2n) is 6.78. The number of nitrogens with zero attached hydrogens (tertiary/aromatic N) is 2. The summed E-state index contributed by atoms with van der Waals surface area (Å²) in [5.41, 5.74) is 6.17. The van der Waals surface area contributed by atoms with Crippen LogP contribution in [0.2, 0.25) is 0 Å². The molecule has 1 spiro atoms. The van der Waals surface area contributed by atoms with E-state index in [0.717, 1.165) is 5.92 Å². The number of allylic oxidation sites excluding steroid dienone is 1. The Kier molecular flexibility index (Phi) is 2.04. The van der Waals surface area contributed by atoms with Gasteiger partial charge in [0, 0.05) is 24.8 Å². The molecule has 3 heterocycles. The zero-order valence-electron chi connectivity index (χ0n) is 12.0. The van der Waals surface area contributed by atoms with Crippen molar-refractivity contribution in [3.63, 3.8) is 0 Å². The summed E-state index contributed by atoms with van der Waals surface area (Å²) >= 11 is 0. The molecule has 3 atom stereocenters. The molecule has 0 amide bonds. The molecule has 5 rings (SSSR count). The molecule has 4 aliphatic rings. The molecular weight excluding hydrogens is 244 g/mol. The van der Waals surface area contributed by atoms with Gasteiger partial charge in [-0.05, 0) is 43.7 Å². The first kappa shape index (κ1) is 11.3. The fraction of sp³-hybridized carbons (Fsp3) is 0.500. The molecular formula is C18H20N2. The smallest absolute Gasteiger partial charge is 0.0671 e. The number of fused-ring (bicyclic) bond motifs is 2. The maximum absolute atomic E-state index is 5.06. The van der Waals surface area contributed by atoms with E-state index in [4.69, 9.17) is 4.99 Å². The lowest BCUT2D eigenvalue weighted by Gasteiger charge is -2.48. The molecule has 1 aromatic rings. The summed E-state index contributed by atoms with van der Waals surface area (Å²) in [7, 11) is 0. The zero-order chi connectivity index (χ0) is 13.3. The predicted octanol–water partition coefficient (Wildman–Crippen LogP) is 3.45. The summed E-state index contributed by atoms with van der Waals surface area (Å²) in [5, 5.41) is 0. The number of para-hydroxylation sites is 1. The van der Waals surface area contributed by atoms with E-state index < -0.39 is 0 Å². The van der Waals surface area contributed by atoms with Crippen molar-refractivity contribution in [3.8, 4) is 0 Å². The Hall–Kier alpha value is -1.41. The molecule has 2 saturated heterocycles. The van der Waals surface area contributed by atoms with Crippen LogP contribution >= 0.6 is 0 Å². The lowest BCUT2D eigenvalue weighted by atomic mass is 9.61. The van der Waals surface area contributed by atoms with Crippen LogP contribution < -0.4 is 0 Å². The quantitative estimate of drug-likeness (QED) is 0.655. The minimum atomic E-state index is 0.270. The second kappa shape index (κ2) is 3.62. The molecule has 2 bridgehead atoms. The number of hydrogen-bond donors (Lipinski definition) is 0. The number of piperidine rings is 1. The zero-order valence-corrected chi connectivity index (χ0v) is 12.0. The van der Waals surface area contributed by atoms with E-state index in [9.17, 15) is 0 Å². The summed E-state index contributed by atoms with van der Waals surface area (Å²) in [6, 6.07) is 9.57. The van der Waals surface area contributed by atoms with Crippen LogP contribution in [0.25, 0.3) is 0 Å². The van der Waals surface area contributed by atoms with Gasteiger partial charge in [0.15, 0.2) is 0 Å². The van der Waals surface area contributed by atoms with E-state index in [1.807, 2.05) is 0 Å². The van der Waals surface area contributed by atoms with Crippen molar-refractivity contribution in [2.24, 2.45) is 10.9 Å². The minimum Gasteiger partial charge on any atom is -0.295 e. The van der Waals surface area contributed by atoms with Gasteiger partial charge < -0.3 is 0 Å². The Balaban J connectivity index is 1.72. The third-order valence-corrected chi connectivity index (χ3v) is 6.19. The Morgan fingerprint density at radius 2 is 2.25 bits per heavy atom. The van der Waals surface area contributed by atoms with Crippen molar-refractivity contribution < 1.29 is 0 Å².